The maximum Gasteiger partial charge on any atom is 0.251 e. The van der Waals surface area contributed by atoms with E-state index in [0.29, 0.717) is 35.2 Å². The first kappa shape index (κ1) is 22.0. The van der Waals surface area contributed by atoms with Gasteiger partial charge in [-0.3, -0.25) is 9.59 Å². The van der Waals surface area contributed by atoms with Gasteiger partial charge in [0.15, 0.2) is 0 Å². The second kappa shape index (κ2) is 7.63. The van der Waals surface area contributed by atoms with Gasteiger partial charge in [0.1, 0.15) is 5.82 Å². The molecule has 0 aromatic heterocycles. The molecule has 0 atom stereocenters. The molecule has 1 saturated carbocycles. The van der Waals surface area contributed by atoms with Crippen LogP contribution in [-0.2, 0) is 20.2 Å². The van der Waals surface area contributed by atoms with Gasteiger partial charge in [0.25, 0.3) is 5.91 Å². The van der Waals surface area contributed by atoms with Gasteiger partial charge in [0, 0.05) is 30.4 Å². The fourth-order valence-electron chi connectivity index (χ4n) is 4.90. The Bertz CT molecular complexity index is 1280. The number of fused-ring (bicyclic) bond motifs is 2. The highest BCUT2D eigenvalue weighted by atomic mass is 32.2. The zero-order valence-electron chi connectivity index (χ0n) is 18.6. The third-order valence-electron chi connectivity index (χ3n) is 7.09. The topological polar surface area (TPSA) is 95.6 Å². The number of sulfonamides is 1. The lowest BCUT2D eigenvalue weighted by atomic mass is 9.74. The molecule has 2 N–H and O–H groups in total. The van der Waals surface area contributed by atoms with Crippen LogP contribution in [0.1, 0.15) is 47.2 Å². The van der Waals surface area contributed by atoms with Gasteiger partial charge in [-0.15, -0.1) is 0 Å². The number of benzene rings is 2. The summed E-state index contributed by atoms with van der Waals surface area (Å²) in [6.45, 7) is 2.24. The second-order valence-corrected chi connectivity index (χ2v) is 11.3. The first-order valence-electron chi connectivity index (χ1n) is 11.1. The van der Waals surface area contributed by atoms with Crippen LogP contribution in [-0.4, -0.2) is 49.9 Å². The summed E-state index contributed by atoms with van der Waals surface area (Å²) in [5.41, 5.74) is 2.73. The Labute approximate surface area is 192 Å². The molecule has 5 rings (SSSR count). The molecule has 3 aliphatic rings. The van der Waals surface area contributed by atoms with Crippen LogP contribution in [0.3, 0.4) is 0 Å². The number of amides is 2. The monoisotopic (exact) mass is 471 g/mol. The maximum absolute atomic E-state index is 14.7. The molecule has 1 saturated heterocycles. The van der Waals surface area contributed by atoms with E-state index in [9.17, 15) is 22.4 Å². The summed E-state index contributed by atoms with van der Waals surface area (Å²) in [5.74, 6) is -0.880. The minimum Gasteiger partial charge on any atom is -0.349 e. The number of carbonyl (C=O) groups is 2. The average Bonchev–Trinajstić information content (AvgIpc) is 3.54. The maximum atomic E-state index is 14.7. The van der Waals surface area contributed by atoms with Crippen molar-refractivity contribution >= 4 is 27.5 Å². The Kier molecular flexibility index (Phi) is 5.10. The lowest BCUT2D eigenvalue weighted by Gasteiger charge is -2.36. The molecule has 174 valence electrons. The van der Waals surface area contributed by atoms with Crippen molar-refractivity contribution in [3.8, 4) is 11.1 Å². The Morgan fingerprint density at radius 2 is 1.88 bits per heavy atom. The zero-order valence-corrected chi connectivity index (χ0v) is 19.4. The van der Waals surface area contributed by atoms with Crippen molar-refractivity contribution in [2.45, 2.75) is 44.1 Å². The largest absolute Gasteiger partial charge is 0.349 e. The fourth-order valence-corrected chi connectivity index (χ4v) is 5.74. The van der Waals surface area contributed by atoms with Gasteiger partial charge >= 0.3 is 0 Å². The molecule has 0 bridgehead atoms. The second-order valence-electron chi connectivity index (χ2n) is 9.34. The fraction of sp³-hybridized carbons (Fsp3) is 0.417. The molecule has 2 amide bonds. The van der Waals surface area contributed by atoms with Crippen molar-refractivity contribution < 1.29 is 22.4 Å². The van der Waals surface area contributed by atoms with E-state index in [1.54, 1.807) is 13.0 Å². The highest BCUT2D eigenvalue weighted by Gasteiger charge is 2.49. The number of anilines is 1. The van der Waals surface area contributed by atoms with Crippen molar-refractivity contribution in [3.63, 3.8) is 0 Å². The minimum absolute atomic E-state index is 0.136. The third-order valence-corrected chi connectivity index (χ3v) is 8.40. The zero-order chi connectivity index (χ0) is 23.5. The summed E-state index contributed by atoms with van der Waals surface area (Å²) in [4.78, 5) is 25.5. The molecular weight excluding hydrogens is 445 g/mol. The van der Waals surface area contributed by atoms with Crippen LogP contribution in [0.15, 0.2) is 30.3 Å². The predicted molar refractivity (Wildman–Crippen MR) is 123 cm³/mol. The van der Waals surface area contributed by atoms with Gasteiger partial charge in [-0.2, -0.15) is 0 Å². The van der Waals surface area contributed by atoms with E-state index < -0.39 is 21.3 Å². The van der Waals surface area contributed by atoms with Crippen LogP contribution < -0.4 is 10.6 Å². The smallest absolute Gasteiger partial charge is 0.251 e. The minimum atomic E-state index is -3.30. The molecule has 0 radical (unpaired) electrons. The first-order valence-corrected chi connectivity index (χ1v) is 13.0. The first-order chi connectivity index (χ1) is 15.6. The van der Waals surface area contributed by atoms with E-state index in [0.717, 1.165) is 18.4 Å². The summed E-state index contributed by atoms with van der Waals surface area (Å²) in [6.07, 6.45) is 3.88. The standard InChI is InChI=1S/C24H26FN3O4S/c1-14-18(11-16(12-20(14)25)22(29)26-17-4-5-17)15-3-6-19-21(13-15)27-23(30)24(19)7-9-28(10-8-24)33(2,31)32/h3,6,11-13,17H,4-5,7-10H2,1-2H3,(H,26,29)(H,27,30). The Balaban J connectivity index is 1.48. The van der Waals surface area contributed by atoms with E-state index >= 15 is 0 Å². The summed E-state index contributed by atoms with van der Waals surface area (Å²) in [7, 11) is -3.30. The molecule has 2 heterocycles. The van der Waals surface area contributed by atoms with Crippen molar-refractivity contribution in [2.75, 3.05) is 24.7 Å². The molecule has 2 fully saturated rings. The van der Waals surface area contributed by atoms with Crippen LogP contribution >= 0.6 is 0 Å². The Hall–Kier alpha value is -2.78. The van der Waals surface area contributed by atoms with Crippen LogP contribution in [0.4, 0.5) is 10.1 Å². The summed E-state index contributed by atoms with van der Waals surface area (Å²) in [5, 5.41) is 5.83. The van der Waals surface area contributed by atoms with Crippen molar-refractivity contribution in [1.82, 2.24) is 9.62 Å². The number of piperidine rings is 1. The summed E-state index contributed by atoms with van der Waals surface area (Å²) in [6, 6.07) is 8.65. The molecule has 2 aliphatic heterocycles. The SMILES string of the molecule is Cc1c(F)cc(C(=O)NC2CC2)cc1-c1ccc2c(c1)NC(=O)C21CCN(S(C)(=O)=O)CC1. The van der Waals surface area contributed by atoms with E-state index in [4.69, 9.17) is 0 Å². The molecule has 9 heteroatoms. The van der Waals surface area contributed by atoms with Gasteiger partial charge in [0.2, 0.25) is 15.9 Å². The number of rotatable bonds is 4. The molecule has 2 aromatic carbocycles. The van der Waals surface area contributed by atoms with Gasteiger partial charge in [-0.05, 0) is 73.1 Å². The molecular formula is C24H26FN3O4S. The molecule has 0 unspecified atom stereocenters. The molecule has 33 heavy (non-hydrogen) atoms. The summed E-state index contributed by atoms with van der Waals surface area (Å²) < 4.78 is 39.9. The van der Waals surface area contributed by atoms with E-state index in [1.807, 2.05) is 18.2 Å². The molecule has 1 aliphatic carbocycles. The van der Waals surface area contributed by atoms with Crippen molar-refractivity contribution in [1.29, 1.82) is 0 Å². The van der Waals surface area contributed by atoms with Gasteiger partial charge in [0.05, 0.1) is 11.7 Å². The Morgan fingerprint density at radius 1 is 1.18 bits per heavy atom. The van der Waals surface area contributed by atoms with Crippen molar-refractivity contribution in [3.05, 3.63) is 52.8 Å². The van der Waals surface area contributed by atoms with Crippen LogP contribution in [0.2, 0.25) is 0 Å². The summed E-state index contributed by atoms with van der Waals surface area (Å²) >= 11 is 0. The molecule has 2 aromatic rings. The van der Waals surface area contributed by atoms with E-state index in [1.165, 1.54) is 16.6 Å². The number of carbonyl (C=O) groups excluding carboxylic acids is 2. The normalized spacial score (nSPS) is 19.9. The number of hydrogen-bond donors (Lipinski definition) is 2. The third kappa shape index (κ3) is 3.83. The van der Waals surface area contributed by atoms with Gasteiger partial charge in [-0.25, -0.2) is 17.1 Å². The van der Waals surface area contributed by atoms with Crippen LogP contribution in [0.5, 0.6) is 0 Å². The lowest BCUT2D eigenvalue weighted by molar-refractivity contribution is -0.122. The van der Waals surface area contributed by atoms with Crippen molar-refractivity contribution in [2.24, 2.45) is 0 Å². The highest BCUT2D eigenvalue weighted by Crippen LogP contribution is 2.46. The Morgan fingerprint density at radius 3 is 2.52 bits per heavy atom. The predicted octanol–water partition coefficient (Wildman–Crippen LogP) is 2.94. The highest BCUT2D eigenvalue weighted by molar-refractivity contribution is 7.88. The van der Waals surface area contributed by atoms with E-state index in [2.05, 4.69) is 10.6 Å². The average molecular weight is 472 g/mol. The lowest BCUT2D eigenvalue weighted by Crippen LogP contribution is -2.47. The number of nitrogens with zero attached hydrogens (tertiary/aromatic N) is 1. The van der Waals surface area contributed by atoms with Crippen LogP contribution in [0, 0.1) is 12.7 Å². The van der Waals surface area contributed by atoms with Crippen LogP contribution in [0.25, 0.3) is 11.1 Å². The molecule has 7 nitrogen and oxygen atoms in total. The molecule has 1 spiro atoms. The van der Waals surface area contributed by atoms with Gasteiger partial charge in [-0.1, -0.05) is 12.1 Å². The number of hydrogen-bond acceptors (Lipinski definition) is 4. The number of nitrogens with one attached hydrogen (secondary N) is 2. The quantitative estimate of drug-likeness (QED) is 0.717. The number of halogens is 1. The van der Waals surface area contributed by atoms with Gasteiger partial charge < -0.3 is 10.6 Å². The van der Waals surface area contributed by atoms with E-state index in [-0.39, 0.29) is 36.5 Å².